The molecule has 2 rings (SSSR count). The van der Waals surface area contributed by atoms with Crippen LogP contribution in [0.5, 0.6) is 0 Å². The van der Waals surface area contributed by atoms with Crippen LogP contribution in [0.1, 0.15) is 33.0 Å². The second-order valence-corrected chi connectivity index (χ2v) is 4.64. The van der Waals surface area contributed by atoms with E-state index < -0.39 is 0 Å². The van der Waals surface area contributed by atoms with Gasteiger partial charge in [-0.3, -0.25) is 4.57 Å². The first-order valence-corrected chi connectivity index (χ1v) is 7.44. The van der Waals surface area contributed by atoms with Gasteiger partial charge < -0.3 is 10.2 Å². The highest BCUT2D eigenvalue weighted by atomic mass is 15.3. The molecule has 2 aromatic heterocycles. The molecule has 114 valence electrons. The Kier molecular flexibility index (Phi) is 5.08. The summed E-state index contributed by atoms with van der Waals surface area (Å²) in [4.78, 5) is 20.0. The molecule has 7 nitrogen and oxygen atoms in total. The van der Waals surface area contributed by atoms with Crippen molar-refractivity contribution in [2.24, 2.45) is 0 Å². The summed E-state index contributed by atoms with van der Waals surface area (Å²) < 4.78 is 1.93. The van der Waals surface area contributed by atoms with E-state index in [0.29, 0.717) is 17.8 Å². The summed E-state index contributed by atoms with van der Waals surface area (Å²) >= 11 is 0. The minimum absolute atomic E-state index is 0.568. The maximum atomic E-state index is 4.60. The number of nitrogens with zero attached hydrogens (tertiary/aromatic N) is 6. The second-order valence-electron chi connectivity index (χ2n) is 4.64. The number of aromatic nitrogens is 5. The lowest BCUT2D eigenvalue weighted by Crippen LogP contribution is -2.25. The molecule has 0 aromatic carbocycles. The van der Waals surface area contributed by atoms with E-state index >= 15 is 0 Å². The molecule has 2 heterocycles. The van der Waals surface area contributed by atoms with Crippen LogP contribution in [0.3, 0.4) is 0 Å². The monoisotopic (exact) mass is 289 g/mol. The molecular formula is C14H23N7. The molecule has 0 aliphatic rings. The third kappa shape index (κ3) is 3.29. The fourth-order valence-electron chi connectivity index (χ4n) is 2.15. The fourth-order valence-corrected chi connectivity index (χ4v) is 2.15. The van der Waals surface area contributed by atoms with Crippen LogP contribution in [0.25, 0.3) is 5.95 Å². The minimum atomic E-state index is 0.568. The van der Waals surface area contributed by atoms with Crippen LogP contribution in [0.15, 0.2) is 12.4 Å². The smallest absolute Gasteiger partial charge is 0.241 e. The molecular weight excluding hydrogens is 266 g/mol. The van der Waals surface area contributed by atoms with Gasteiger partial charge in [-0.2, -0.15) is 15.0 Å². The van der Waals surface area contributed by atoms with Crippen molar-refractivity contribution in [3.63, 3.8) is 0 Å². The highest BCUT2D eigenvalue weighted by Gasteiger charge is 2.13. The van der Waals surface area contributed by atoms with E-state index in [1.165, 1.54) is 0 Å². The van der Waals surface area contributed by atoms with Gasteiger partial charge in [0, 0.05) is 39.0 Å². The SMILES string of the molecule is CCCc1nccn1-c1nc(NC)nc(N(CC)CC)n1. The first kappa shape index (κ1) is 15.2. The fraction of sp³-hybridized carbons (Fsp3) is 0.571. The topological polar surface area (TPSA) is 71.8 Å². The van der Waals surface area contributed by atoms with Crippen molar-refractivity contribution in [1.82, 2.24) is 24.5 Å². The third-order valence-electron chi connectivity index (χ3n) is 3.29. The van der Waals surface area contributed by atoms with Crippen molar-refractivity contribution in [3.05, 3.63) is 18.2 Å². The molecule has 0 saturated carbocycles. The first-order valence-electron chi connectivity index (χ1n) is 7.44. The van der Waals surface area contributed by atoms with E-state index in [9.17, 15) is 0 Å². The Morgan fingerprint density at radius 1 is 1.14 bits per heavy atom. The normalized spacial score (nSPS) is 10.7. The van der Waals surface area contributed by atoms with Crippen LogP contribution in [0, 0.1) is 0 Å². The van der Waals surface area contributed by atoms with Gasteiger partial charge in [0.15, 0.2) is 0 Å². The molecule has 1 N–H and O–H groups in total. The average Bonchev–Trinajstić information content (AvgIpc) is 2.97. The van der Waals surface area contributed by atoms with Crippen LogP contribution in [0.2, 0.25) is 0 Å². The molecule has 0 saturated heterocycles. The Labute approximate surface area is 125 Å². The Morgan fingerprint density at radius 3 is 2.52 bits per heavy atom. The Balaban J connectivity index is 2.47. The van der Waals surface area contributed by atoms with Gasteiger partial charge in [-0.25, -0.2) is 4.98 Å². The predicted octanol–water partition coefficient (Wildman–Crippen LogP) is 1.90. The van der Waals surface area contributed by atoms with Crippen LogP contribution < -0.4 is 10.2 Å². The molecule has 0 atom stereocenters. The van der Waals surface area contributed by atoms with Gasteiger partial charge in [-0.05, 0) is 20.3 Å². The molecule has 0 aliphatic heterocycles. The summed E-state index contributed by atoms with van der Waals surface area (Å²) in [6.45, 7) is 8.02. The Hall–Kier alpha value is -2.18. The largest absolute Gasteiger partial charge is 0.357 e. The first-order chi connectivity index (χ1) is 10.2. The van der Waals surface area contributed by atoms with E-state index in [4.69, 9.17) is 0 Å². The molecule has 0 amide bonds. The van der Waals surface area contributed by atoms with Crippen molar-refractivity contribution in [2.45, 2.75) is 33.6 Å². The average molecular weight is 289 g/mol. The lowest BCUT2D eigenvalue weighted by molar-refractivity contribution is 0.759. The highest BCUT2D eigenvalue weighted by molar-refractivity contribution is 5.40. The van der Waals surface area contributed by atoms with E-state index in [1.54, 1.807) is 6.20 Å². The standard InChI is InChI=1S/C14H23N7/c1-5-8-11-16-9-10-21(11)14-18-12(15-4)17-13(19-14)20(6-2)7-3/h9-10H,5-8H2,1-4H3,(H,15,17,18,19). The number of nitrogens with one attached hydrogen (secondary N) is 1. The summed E-state index contributed by atoms with van der Waals surface area (Å²) in [7, 11) is 1.81. The Morgan fingerprint density at radius 2 is 1.90 bits per heavy atom. The van der Waals surface area contributed by atoms with Gasteiger partial charge in [0.05, 0.1) is 0 Å². The van der Waals surface area contributed by atoms with Crippen LogP contribution in [-0.4, -0.2) is 44.6 Å². The molecule has 0 aliphatic carbocycles. The molecule has 0 fully saturated rings. The lowest BCUT2D eigenvalue weighted by atomic mass is 10.3. The zero-order chi connectivity index (χ0) is 15.2. The summed E-state index contributed by atoms with van der Waals surface area (Å²) in [6, 6.07) is 0. The maximum absolute atomic E-state index is 4.60. The summed E-state index contributed by atoms with van der Waals surface area (Å²) in [5, 5.41) is 3.00. The molecule has 7 heteroatoms. The van der Waals surface area contributed by atoms with E-state index in [2.05, 4.69) is 50.9 Å². The van der Waals surface area contributed by atoms with Crippen molar-refractivity contribution in [3.8, 4) is 5.95 Å². The van der Waals surface area contributed by atoms with Gasteiger partial charge in [0.1, 0.15) is 5.82 Å². The van der Waals surface area contributed by atoms with E-state index in [0.717, 1.165) is 31.8 Å². The number of hydrogen-bond donors (Lipinski definition) is 1. The number of imidazole rings is 1. The molecule has 0 radical (unpaired) electrons. The van der Waals surface area contributed by atoms with Crippen LogP contribution in [-0.2, 0) is 6.42 Å². The molecule has 0 bridgehead atoms. The van der Waals surface area contributed by atoms with E-state index in [1.807, 2.05) is 17.8 Å². The predicted molar refractivity (Wildman–Crippen MR) is 84.1 cm³/mol. The number of hydrogen-bond acceptors (Lipinski definition) is 6. The zero-order valence-electron chi connectivity index (χ0n) is 13.2. The maximum Gasteiger partial charge on any atom is 0.241 e. The van der Waals surface area contributed by atoms with Crippen molar-refractivity contribution < 1.29 is 0 Å². The third-order valence-corrected chi connectivity index (χ3v) is 3.29. The van der Waals surface area contributed by atoms with E-state index in [-0.39, 0.29) is 0 Å². The summed E-state index contributed by atoms with van der Waals surface area (Å²) in [5.41, 5.74) is 0. The van der Waals surface area contributed by atoms with Gasteiger partial charge in [0.2, 0.25) is 17.8 Å². The highest BCUT2D eigenvalue weighted by Crippen LogP contribution is 2.15. The van der Waals surface area contributed by atoms with Crippen molar-refractivity contribution >= 4 is 11.9 Å². The molecule has 0 unspecified atom stereocenters. The molecule has 21 heavy (non-hydrogen) atoms. The van der Waals surface area contributed by atoms with Gasteiger partial charge in [-0.15, -0.1) is 0 Å². The quantitative estimate of drug-likeness (QED) is 0.839. The van der Waals surface area contributed by atoms with Crippen LogP contribution >= 0.6 is 0 Å². The number of anilines is 2. The van der Waals surface area contributed by atoms with Gasteiger partial charge >= 0.3 is 0 Å². The summed E-state index contributed by atoms with van der Waals surface area (Å²) in [6.07, 6.45) is 5.61. The number of aryl methyl sites for hydroxylation is 1. The molecule has 0 spiro atoms. The van der Waals surface area contributed by atoms with Gasteiger partial charge in [0.25, 0.3) is 0 Å². The number of rotatable bonds is 7. The second kappa shape index (κ2) is 7.01. The summed E-state index contributed by atoms with van der Waals surface area (Å²) in [5.74, 6) is 2.83. The lowest BCUT2D eigenvalue weighted by Gasteiger charge is -2.19. The van der Waals surface area contributed by atoms with Gasteiger partial charge in [-0.1, -0.05) is 6.92 Å². The van der Waals surface area contributed by atoms with Crippen molar-refractivity contribution in [2.75, 3.05) is 30.4 Å². The zero-order valence-corrected chi connectivity index (χ0v) is 13.2. The van der Waals surface area contributed by atoms with Crippen LogP contribution in [0.4, 0.5) is 11.9 Å². The molecule has 2 aromatic rings. The Bertz CT molecular complexity index is 574. The van der Waals surface area contributed by atoms with Crippen molar-refractivity contribution in [1.29, 1.82) is 0 Å². The minimum Gasteiger partial charge on any atom is -0.357 e.